The fourth-order valence-electron chi connectivity index (χ4n) is 1.95. The molecule has 0 amide bonds. The highest BCUT2D eigenvalue weighted by atomic mass is 32.2. The van der Waals surface area contributed by atoms with Crippen LogP contribution in [0.1, 0.15) is 27.0 Å². The van der Waals surface area contributed by atoms with E-state index in [2.05, 4.69) is 0 Å². The zero-order chi connectivity index (χ0) is 13.8. The molecule has 0 fully saturated rings. The van der Waals surface area contributed by atoms with Gasteiger partial charge in [-0.3, -0.25) is 9.00 Å². The SMILES string of the molecule is Cc1cc(CS(=O)[O-])ccc1C(=O)c1ccccc1. The summed E-state index contributed by atoms with van der Waals surface area (Å²) in [7, 11) is 0. The van der Waals surface area contributed by atoms with Crippen LogP contribution in [0.15, 0.2) is 48.5 Å². The third-order valence-corrected chi connectivity index (χ3v) is 3.42. The van der Waals surface area contributed by atoms with Crippen molar-refractivity contribution in [3.05, 3.63) is 70.8 Å². The second-order valence-electron chi connectivity index (χ2n) is 4.29. The normalized spacial score (nSPS) is 12.1. The van der Waals surface area contributed by atoms with Crippen LogP contribution in [0, 0.1) is 6.92 Å². The first kappa shape index (κ1) is 13.6. The molecule has 0 aliphatic carbocycles. The smallest absolute Gasteiger partial charge is 0.193 e. The van der Waals surface area contributed by atoms with Crippen molar-refractivity contribution in [3.63, 3.8) is 0 Å². The average Bonchev–Trinajstić information content (AvgIpc) is 2.38. The van der Waals surface area contributed by atoms with Crippen LogP contribution in [-0.4, -0.2) is 14.5 Å². The van der Waals surface area contributed by atoms with Crippen LogP contribution in [0.4, 0.5) is 0 Å². The van der Waals surface area contributed by atoms with Gasteiger partial charge in [0.15, 0.2) is 5.78 Å². The molecule has 0 radical (unpaired) electrons. The Morgan fingerprint density at radius 2 is 1.84 bits per heavy atom. The van der Waals surface area contributed by atoms with Crippen molar-refractivity contribution < 1.29 is 13.6 Å². The second-order valence-corrected chi connectivity index (χ2v) is 5.19. The first-order valence-electron chi connectivity index (χ1n) is 5.83. The number of ketones is 1. The minimum Gasteiger partial charge on any atom is -0.772 e. The molecule has 1 atom stereocenters. The molecule has 0 spiro atoms. The van der Waals surface area contributed by atoms with E-state index in [1.165, 1.54) is 0 Å². The maximum atomic E-state index is 12.3. The monoisotopic (exact) mass is 273 g/mol. The number of carbonyl (C=O) groups is 1. The summed E-state index contributed by atoms with van der Waals surface area (Å²) in [4.78, 5) is 12.3. The molecule has 0 N–H and O–H groups in total. The summed E-state index contributed by atoms with van der Waals surface area (Å²) >= 11 is -2.11. The molecule has 98 valence electrons. The molecule has 0 aromatic heterocycles. The van der Waals surface area contributed by atoms with E-state index in [1.807, 2.05) is 25.1 Å². The van der Waals surface area contributed by atoms with Gasteiger partial charge >= 0.3 is 0 Å². The highest BCUT2D eigenvalue weighted by molar-refractivity contribution is 7.78. The lowest BCUT2D eigenvalue weighted by Crippen LogP contribution is -2.04. The van der Waals surface area contributed by atoms with Crippen molar-refractivity contribution in [1.82, 2.24) is 0 Å². The Balaban J connectivity index is 2.31. The molecule has 2 aromatic carbocycles. The Morgan fingerprint density at radius 1 is 1.16 bits per heavy atom. The number of rotatable bonds is 4. The van der Waals surface area contributed by atoms with Gasteiger partial charge in [0.1, 0.15) is 0 Å². The minimum atomic E-state index is -2.11. The maximum Gasteiger partial charge on any atom is 0.193 e. The van der Waals surface area contributed by atoms with E-state index in [9.17, 15) is 13.6 Å². The van der Waals surface area contributed by atoms with E-state index in [4.69, 9.17) is 0 Å². The topological polar surface area (TPSA) is 57.2 Å². The first-order chi connectivity index (χ1) is 9.08. The molecule has 0 aliphatic heterocycles. The first-order valence-corrected chi connectivity index (χ1v) is 7.07. The summed E-state index contributed by atoms with van der Waals surface area (Å²) < 4.78 is 21.3. The zero-order valence-electron chi connectivity index (χ0n) is 10.5. The standard InChI is InChI=1S/C15H14O3S/c1-11-9-12(10-19(17)18)7-8-14(11)15(16)13-5-3-2-4-6-13/h2-9H,10H2,1H3,(H,17,18)/p-1. The third-order valence-electron chi connectivity index (χ3n) is 2.86. The van der Waals surface area contributed by atoms with Gasteiger partial charge in [-0.15, -0.1) is 0 Å². The van der Waals surface area contributed by atoms with E-state index < -0.39 is 11.1 Å². The number of hydrogen-bond donors (Lipinski definition) is 0. The predicted octanol–water partition coefficient (Wildman–Crippen LogP) is 2.61. The van der Waals surface area contributed by atoms with Gasteiger partial charge in [-0.1, -0.05) is 59.6 Å². The van der Waals surface area contributed by atoms with Gasteiger partial charge in [-0.2, -0.15) is 0 Å². The lowest BCUT2D eigenvalue weighted by molar-refractivity contribution is 0.103. The van der Waals surface area contributed by atoms with Crippen molar-refractivity contribution in [2.45, 2.75) is 12.7 Å². The average molecular weight is 273 g/mol. The van der Waals surface area contributed by atoms with E-state index in [0.29, 0.717) is 16.7 Å². The van der Waals surface area contributed by atoms with E-state index in [0.717, 1.165) is 5.56 Å². The Bertz CT molecular complexity index is 621. The molecule has 0 aliphatic rings. The van der Waals surface area contributed by atoms with Gasteiger partial charge in [0.25, 0.3) is 0 Å². The van der Waals surface area contributed by atoms with Gasteiger partial charge in [0.05, 0.1) is 0 Å². The Labute approximate surface area is 114 Å². The zero-order valence-corrected chi connectivity index (χ0v) is 11.3. The van der Waals surface area contributed by atoms with Crippen LogP contribution >= 0.6 is 0 Å². The van der Waals surface area contributed by atoms with Gasteiger partial charge in [-0.05, 0) is 18.1 Å². The Kier molecular flexibility index (Phi) is 4.24. The highest BCUT2D eigenvalue weighted by Gasteiger charge is 2.11. The summed E-state index contributed by atoms with van der Waals surface area (Å²) in [6, 6.07) is 14.1. The predicted molar refractivity (Wildman–Crippen MR) is 73.7 cm³/mol. The van der Waals surface area contributed by atoms with Crippen LogP contribution in [-0.2, 0) is 16.8 Å². The highest BCUT2D eigenvalue weighted by Crippen LogP contribution is 2.16. The molecule has 1 unspecified atom stereocenters. The van der Waals surface area contributed by atoms with E-state index in [-0.39, 0.29) is 11.5 Å². The summed E-state index contributed by atoms with van der Waals surface area (Å²) in [5, 5.41) is 0. The molecule has 0 saturated carbocycles. The van der Waals surface area contributed by atoms with Crippen molar-refractivity contribution in [2.75, 3.05) is 0 Å². The summed E-state index contributed by atoms with van der Waals surface area (Å²) in [5.74, 6) is -0.0754. The van der Waals surface area contributed by atoms with Gasteiger partial charge in [0.2, 0.25) is 0 Å². The van der Waals surface area contributed by atoms with Crippen molar-refractivity contribution in [3.8, 4) is 0 Å². The van der Waals surface area contributed by atoms with Crippen molar-refractivity contribution >= 4 is 16.9 Å². The fourth-order valence-corrected chi connectivity index (χ4v) is 2.40. The third kappa shape index (κ3) is 3.36. The molecular weight excluding hydrogens is 260 g/mol. The molecular formula is C15H13O3S-. The molecule has 0 heterocycles. The largest absolute Gasteiger partial charge is 0.772 e. The van der Waals surface area contributed by atoms with Gasteiger partial charge in [-0.25, -0.2) is 0 Å². The molecule has 0 saturated heterocycles. The summed E-state index contributed by atoms with van der Waals surface area (Å²) in [6.07, 6.45) is 0. The molecule has 0 bridgehead atoms. The molecule has 19 heavy (non-hydrogen) atoms. The van der Waals surface area contributed by atoms with Gasteiger partial charge in [0, 0.05) is 16.9 Å². The fraction of sp³-hybridized carbons (Fsp3) is 0.133. The molecule has 3 nitrogen and oxygen atoms in total. The molecule has 2 rings (SSSR count). The number of hydrogen-bond acceptors (Lipinski definition) is 3. The van der Waals surface area contributed by atoms with Crippen LogP contribution in [0.2, 0.25) is 0 Å². The Morgan fingerprint density at radius 3 is 2.42 bits per heavy atom. The van der Waals surface area contributed by atoms with Crippen LogP contribution in [0.25, 0.3) is 0 Å². The molecule has 4 heteroatoms. The van der Waals surface area contributed by atoms with Gasteiger partial charge < -0.3 is 4.55 Å². The number of aryl methyl sites for hydroxylation is 1. The van der Waals surface area contributed by atoms with Crippen LogP contribution in [0.5, 0.6) is 0 Å². The molecule has 2 aromatic rings. The van der Waals surface area contributed by atoms with E-state index >= 15 is 0 Å². The van der Waals surface area contributed by atoms with Crippen molar-refractivity contribution in [2.24, 2.45) is 0 Å². The number of carbonyl (C=O) groups excluding carboxylic acids is 1. The lowest BCUT2D eigenvalue weighted by atomic mass is 9.98. The minimum absolute atomic E-state index is 0.0271. The number of benzene rings is 2. The lowest BCUT2D eigenvalue weighted by Gasteiger charge is -2.09. The summed E-state index contributed by atoms with van der Waals surface area (Å²) in [5.41, 5.74) is 2.71. The Hall–Kier alpha value is -1.78. The van der Waals surface area contributed by atoms with E-state index in [1.54, 1.807) is 30.3 Å². The quantitative estimate of drug-likeness (QED) is 0.635. The van der Waals surface area contributed by atoms with Crippen molar-refractivity contribution in [1.29, 1.82) is 0 Å². The van der Waals surface area contributed by atoms with Crippen LogP contribution in [0.3, 0.4) is 0 Å². The van der Waals surface area contributed by atoms with Crippen LogP contribution < -0.4 is 0 Å². The second kappa shape index (κ2) is 5.91. The summed E-state index contributed by atoms with van der Waals surface area (Å²) in [6.45, 7) is 1.81. The maximum absolute atomic E-state index is 12.3.